The smallest absolute Gasteiger partial charge is 0.315 e. The number of benzene rings is 1. The SMILES string of the molecule is Cc1nn(C)cc1[C@H](C)NC(=O)N[C@@H]1CCCN(c2ccccc2)C1. The van der Waals surface area contributed by atoms with E-state index in [1.54, 1.807) is 4.68 Å². The summed E-state index contributed by atoms with van der Waals surface area (Å²) in [5.74, 6) is 0. The number of rotatable bonds is 4. The van der Waals surface area contributed by atoms with Gasteiger partial charge in [-0.25, -0.2) is 4.79 Å². The summed E-state index contributed by atoms with van der Waals surface area (Å²) in [6.45, 7) is 5.83. The summed E-state index contributed by atoms with van der Waals surface area (Å²) < 4.78 is 1.78. The van der Waals surface area contributed by atoms with Crippen molar-refractivity contribution in [3.63, 3.8) is 0 Å². The van der Waals surface area contributed by atoms with Gasteiger partial charge >= 0.3 is 6.03 Å². The molecule has 3 rings (SSSR count). The Morgan fingerprint density at radius 1 is 1.32 bits per heavy atom. The number of hydrogen-bond donors (Lipinski definition) is 2. The van der Waals surface area contributed by atoms with E-state index < -0.39 is 0 Å². The fourth-order valence-corrected chi connectivity index (χ4v) is 3.51. The number of carbonyl (C=O) groups excluding carboxylic acids is 1. The second-order valence-corrected chi connectivity index (χ2v) is 6.80. The molecular formula is C19H27N5O. The molecule has 1 aliphatic heterocycles. The maximum Gasteiger partial charge on any atom is 0.315 e. The summed E-state index contributed by atoms with van der Waals surface area (Å²) in [7, 11) is 1.89. The Morgan fingerprint density at radius 3 is 2.76 bits per heavy atom. The molecule has 2 amide bonds. The molecule has 6 heteroatoms. The molecule has 0 spiro atoms. The number of urea groups is 1. The van der Waals surface area contributed by atoms with Crippen LogP contribution in [0.4, 0.5) is 10.5 Å². The van der Waals surface area contributed by atoms with Crippen molar-refractivity contribution >= 4 is 11.7 Å². The third kappa shape index (κ3) is 4.32. The molecule has 2 heterocycles. The first-order chi connectivity index (χ1) is 12.0. The molecule has 0 unspecified atom stereocenters. The molecule has 2 atom stereocenters. The second-order valence-electron chi connectivity index (χ2n) is 6.80. The van der Waals surface area contributed by atoms with Crippen LogP contribution in [0.15, 0.2) is 36.5 Å². The lowest BCUT2D eigenvalue weighted by Gasteiger charge is -2.35. The lowest BCUT2D eigenvalue weighted by Crippen LogP contribution is -2.51. The first-order valence-corrected chi connectivity index (χ1v) is 8.90. The van der Waals surface area contributed by atoms with Gasteiger partial charge in [0.25, 0.3) is 0 Å². The molecule has 0 aliphatic carbocycles. The van der Waals surface area contributed by atoms with Gasteiger partial charge in [-0.1, -0.05) is 18.2 Å². The summed E-state index contributed by atoms with van der Waals surface area (Å²) >= 11 is 0. The van der Waals surface area contributed by atoms with Gasteiger partial charge in [0.15, 0.2) is 0 Å². The third-order valence-electron chi connectivity index (χ3n) is 4.74. The lowest BCUT2D eigenvalue weighted by molar-refractivity contribution is 0.232. The Bertz CT molecular complexity index is 712. The molecular weight excluding hydrogens is 314 g/mol. The van der Waals surface area contributed by atoms with Crippen LogP contribution in [-0.4, -0.2) is 34.9 Å². The van der Waals surface area contributed by atoms with Crippen LogP contribution in [0.5, 0.6) is 0 Å². The molecule has 0 bridgehead atoms. The van der Waals surface area contributed by atoms with E-state index in [-0.39, 0.29) is 18.1 Å². The van der Waals surface area contributed by atoms with Crippen LogP contribution in [0.25, 0.3) is 0 Å². The highest BCUT2D eigenvalue weighted by Gasteiger charge is 2.22. The fraction of sp³-hybridized carbons (Fsp3) is 0.474. The Morgan fingerprint density at radius 2 is 2.08 bits per heavy atom. The number of aromatic nitrogens is 2. The second kappa shape index (κ2) is 7.59. The quantitative estimate of drug-likeness (QED) is 0.899. The van der Waals surface area contributed by atoms with Gasteiger partial charge in [0.1, 0.15) is 0 Å². The van der Waals surface area contributed by atoms with Gasteiger partial charge in [-0.3, -0.25) is 4.68 Å². The van der Waals surface area contributed by atoms with Crippen LogP contribution in [-0.2, 0) is 7.05 Å². The van der Waals surface area contributed by atoms with Crippen molar-refractivity contribution in [3.8, 4) is 0 Å². The molecule has 1 fully saturated rings. The van der Waals surface area contributed by atoms with E-state index >= 15 is 0 Å². The number of para-hydroxylation sites is 1. The normalized spacial score (nSPS) is 18.7. The van der Waals surface area contributed by atoms with Crippen LogP contribution in [0.1, 0.15) is 37.1 Å². The van der Waals surface area contributed by atoms with Crippen LogP contribution in [0.3, 0.4) is 0 Å². The van der Waals surface area contributed by atoms with E-state index in [1.807, 2.05) is 33.2 Å². The van der Waals surface area contributed by atoms with Crippen molar-refractivity contribution in [2.24, 2.45) is 7.05 Å². The number of piperidine rings is 1. The van der Waals surface area contributed by atoms with E-state index in [0.29, 0.717) is 0 Å². The van der Waals surface area contributed by atoms with E-state index in [9.17, 15) is 4.79 Å². The minimum atomic E-state index is -0.115. The minimum absolute atomic E-state index is 0.0671. The Hall–Kier alpha value is -2.50. The number of hydrogen-bond acceptors (Lipinski definition) is 3. The number of aryl methyl sites for hydroxylation is 2. The first kappa shape index (κ1) is 17.3. The third-order valence-corrected chi connectivity index (χ3v) is 4.74. The fourth-order valence-electron chi connectivity index (χ4n) is 3.51. The molecule has 1 aromatic carbocycles. The molecule has 0 saturated carbocycles. The predicted octanol–water partition coefficient (Wildman–Crippen LogP) is 2.76. The largest absolute Gasteiger partial charge is 0.369 e. The van der Waals surface area contributed by atoms with Crippen LogP contribution in [0.2, 0.25) is 0 Å². The van der Waals surface area contributed by atoms with E-state index in [4.69, 9.17) is 0 Å². The number of nitrogens with zero attached hydrogens (tertiary/aromatic N) is 3. The van der Waals surface area contributed by atoms with Crippen molar-refractivity contribution in [3.05, 3.63) is 47.8 Å². The van der Waals surface area contributed by atoms with Crippen LogP contribution < -0.4 is 15.5 Å². The Kier molecular flexibility index (Phi) is 5.26. The highest BCUT2D eigenvalue weighted by Crippen LogP contribution is 2.20. The van der Waals surface area contributed by atoms with Crippen molar-refractivity contribution in [1.82, 2.24) is 20.4 Å². The zero-order valence-electron chi connectivity index (χ0n) is 15.2. The monoisotopic (exact) mass is 341 g/mol. The maximum absolute atomic E-state index is 12.4. The summed E-state index contributed by atoms with van der Waals surface area (Å²) in [6.07, 6.45) is 4.05. The predicted molar refractivity (Wildman–Crippen MR) is 99.7 cm³/mol. The zero-order valence-corrected chi connectivity index (χ0v) is 15.2. The van der Waals surface area contributed by atoms with E-state index in [0.717, 1.165) is 37.2 Å². The van der Waals surface area contributed by atoms with Gasteiger partial charge in [-0.05, 0) is 38.8 Å². The van der Waals surface area contributed by atoms with Crippen molar-refractivity contribution < 1.29 is 4.79 Å². The molecule has 6 nitrogen and oxygen atoms in total. The van der Waals surface area contributed by atoms with Crippen LogP contribution >= 0.6 is 0 Å². The summed E-state index contributed by atoms with van der Waals surface area (Å²) in [4.78, 5) is 14.7. The summed E-state index contributed by atoms with van der Waals surface area (Å²) in [5, 5.41) is 10.5. The minimum Gasteiger partial charge on any atom is -0.369 e. The van der Waals surface area contributed by atoms with E-state index in [2.05, 4.69) is 44.9 Å². The van der Waals surface area contributed by atoms with Gasteiger partial charge in [-0.15, -0.1) is 0 Å². The van der Waals surface area contributed by atoms with Crippen LogP contribution in [0, 0.1) is 6.92 Å². The highest BCUT2D eigenvalue weighted by atomic mass is 16.2. The van der Waals surface area contributed by atoms with Gasteiger partial charge in [-0.2, -0.15) is 5.10 Å². The van der Waals surface area contributed by atoms with Gasteiger partial charge < -0.3 is 15.5 Å². The first-order valence-electron chi connectivity index (χ1n) is 8.90. The van der Waals surface area contributed by atoms with Gasteiger partial charge in [0, 0.05) is 43.6 Å². The summed E-state index contributed by atoms with van der Waals surface area (Å²) in [6, 6.07) is 10.4. The molecule has 1 aliphatic rings. The number of nitrogens with one attached hydrogen (secondary N) is 2. The van der Waals surface area contributed by atoms with E-state index in [1.165, 1.54) is 5.69 Å². The zero-order chi connectivity index (χ0) is 17.8. The molecule has 134 valence electrons. The molecule has 0 radical (unpaired) electrons. The highest BCUT2D eigenvalue weighted by molar-refractivity contribution is 5.75. The van der Waals surface area contributed by atoms with Crippen molar-refractivity contribution in [2.45, 2.75) is 38.8 Å². The Labute approximate surface area is 149 Å². The number of anilines is 1. The van der Waals surface area contributed by atoms with Gasteiger partial charge in [0.2, 0.25) is 0 Å². The molecule has 1 aromatic heterocycles. The lowest BCUT2D eigenvalue weighted by atomic mass is 10.0. The topological polar surface area (TPSA) is 62.2 Å². The van der Waals surface area contributed by atoms with Gasteiger partial charge in [0.05, 0.1) is 11.7 Å². The number of carbonyl (C=O) groups is 1. The standard InChI is InChI=1S/C19H27N5O/c1-14(18-13-23(3)22-15(18)2)20-19(25)21-16-8-7-11-24(12-16)17-9-5-4-6-10-17/h4-6,9-10,13-14,16H,7-8,11-12H2,1-3H3,(H2,20,21,25)/t14-,16+/m0/s1. The Balaban J connectivity index is 1.54. The average molecular weight is 341 g/mol. The van der Waals surface area contributed by atoms with Crippen molar-refractivity contribution in [1.29, 1.82) is 0 Å². The molecule has 2 N–H and O–H groups in total. The average Bonchev–Trinajstić information content (AvgIpc) is 2.94. The molecule has 2 aromatic rings. The number of amides is 2. The molecule has 1 saturated heterocycles. The maximum atomic E-state index is 12.4. The summed E-state index contributed by atoms with van der Waals surface area (Å²) in [5.41, 5.74) is 3.21. The molecule has 25 heavy (non-hydrogen) atoms. The van der Waals surface area contributed by atoms with Crippen molar-refractivity contribution in [2.75, 3.05) is 18.0 Å².